The van der Waals surface area contributed by atoms with Gasteiger partial charge in [-0.3, -0.25) is 0 Å². The Hall–Kier alpha value is -3.25. The average molecular weight is 491 g/mol. The normalized spacial score (nSPS) is 9.75. The van der Waals surface area contributed by atoms with Crippen LogP contribution in [0.15, 0.2) is 97.6 Å². The first-order valence-corrected chi connectivity index (χ1v) is 13.6. The van der Waals surface area contributed by atoms with Crippen molar-refractivity contribution in [3.63, 3.8) is 0 Å². The second-order valence-corrected chi connectivity index (χ2v) is 7.97. The van der Waals surface area contributed by atoms with Crippen LogP contribution in [0.25, 0.3) is 54.7 Å². The number of nitrogens with one attached hydrogen (secondary N) is 1. The maximum absolute atomic E-state index is 3.51. The molecule has 0 aliphatic heterocycles. The number of aromatic amines is 1. The van der Waals surface area contributed by atoms with Crippen LogP contribution in [0.2, 0.25) is 0 Å². The van der Waals surface area contributed by atoms with Gasteiger partial charge in [0, 0.05) is 43.6 Å². The van der Waals surface area contributed by atoms with Gasteiger partial charge in [0.25, 0.3) is 0 Å². The minimum absolute atomic E-state index is 1.18. The van der Waals surface area contributed by atoms with Gasteiger partial charge in [-0.05, 0) is 54.4 Å². The first-order chi connectivity index (χ1) is 17.7. The Morgan fingerprint density at radius 2 is 1.08 bits per heavy atom. The van der Waals surface area contributed by atoms with Crippen LogP contribution in [0.4, 0.5) is 0 Å². The van der Waals surface area contributed by atoms with Crippen molar-refractivity contribution >= 4 is 60.1 Å². The fourth-order valence-corrected chi connectivity index (χ4v) is 4.66. The van der Waals surface area contributed by atoms with Crippen molar-refractivity contribution in [1.82, 2.24) is 8.53 Å². The molecule has 0 spiro atoms. The number of hydrogen-bond donors (Lipinski definition) is 1. The van der Waals surface area contributed by atoms with Gasteiger partial charge in [-0.2, -0.15) is 0 Å². The van der Waals surface area contributed by atoms with Gasteiger partial charge in [-0.1, -0.05) is 96.1 Å². The number of benzene rings is 4. The molecule has 2 heterocycles. The third kappa shape index (κ3) is 5.76. The molecule has 0 unspecified atom stereocenters. The zero-order chi connectivity index (χ0) is 26.7. The van der Waals surface area contributed by atoms with E-state index in [-0.39, 0.29) is 0 Å². The third-order valence-electron chi connectivity index (χ3n) is 5.55. The highest BCUT2D eigenvalue weighted by Crippen LogP contribution is 2.34. The number of aromatic nitrogens is 2. The van der Waals surface area contributed by atoms with E-state index in [0.717, 1.165) is 0 Å². The highest BCUT2D eigenvalue weighted by molar-refractivity contribution is 6.22. The molecule has 0 aliphatic carbocycles. The van der Waals surface area contributed by atoms with Gasteiger partial charge in [0.05, 0.1) is 0 Å². The predicted molar refractivity (Wildman–Crippen MR) is 165 cm³/mol. The lowest BCUT2D eigenvalue weighted by molar-refractivity contribution is 1.39. The monoisotopic (exact) mass is 490 g/mol. The smallest absolute Gasteiger partial charge is 0.318 e. The molecule has 0 fully saturated rings. The highest BCUT2D eigenvalue weighted by atomic mass is 27.1. The van der Waals surface area contributed by atoms with E-state index in [4.69, 9.17) is 0 Å². The molecule has 0 amide bonds. The lowest BCUT2D eigenvalue weighted by Crippen LogP contribution is -1.89. The van der Waals surface area contributed by atoms with E-state index in [9.17, 15) is 0 Å². The van der Waals surface area contributed by atoms with E-state index in [1.54, 1.807) is 6.08 Å². The van der Waals surface area contributed by atoms with Crippen molar-refractivity contribution in [2.24, 2.45) is 0 Å². The van der Waals surface area contributed by atoms with Crippen LogP contribution < -0.4 is 0 Å². The van der Waals surface area contributed by atoms with Crippen LogP contribution in [0, 0.1) is 0 Å². The van der Waals surface area contributed by atoms with E-state index in [2.05, 4.69) is 117 Å². The number of H-pyrrole nitrogens is 1. The number of para-hydroxylation sites is 2. The average Bonchev–Trinajstić information content (AvgIpc) is 3.47. The summed E-state index contributed by atoms with van der Waals surface area (Å²) in [5.74, 6) is 0. The van der Waals surface area contributed by atoms with Crippen molar-refractivity contribution < 1.29 is 0 Å². The Labute approximate surface area is 225 Å². The Bertz CT molecular complexity index is 1540. The van der Waals surface area contributed by atoms with Crippen LogP contribution in [0.3, 0.4) is 0 Å². The van der Waals surface area contributed by atoms with Crippen molar-refractivity contribution in [3.8, 4) is 11.1 Å². The summed E-state index contributed by atoms with van der Waals surface area (Å²) < 4.78 is 2.19. The van der Waals surface area contributed by atoms with Gasteiger partial charge in [0.2, 0.25) is 0 Å². The van der Waals surface area contributed by atoms with Gasteiger partial charge in [-0.25, -0.2) is 0 Å². The summed E-state index contributed by atoms with van der Waals surface area (Å²) in [6.07, 6.45) is 1.75. The predicted octanol–water partition coefficient (Wildman–Crippen LogP) is 10.3. The largest absolute Gasteiger partial charge is 0.452 e. The van der Waals surface area contributed by atoms with E-state index in [1.165, 1.54) is 54.7 Å². The Balaban J connectivity index is 0.000000457. The molecule has 0 saturated carbocycles. The highest BCUT2D eigenvalue weighted by Gasteiger charge is 2.10. The van der Waals surface area contributed by atoms with Crippen LogP contribution >= 0.6 is 0 Å². The number of hydrogen-bond acceptors (Lipinski definition) is 0. The molecule has 1 N–H and O–H groups in total. The molecule has 0 aliphatic rings. The molecule has 0 saturated heterocycles. The van der Waals surface area contributed by atoms with Gasteiger partial charge < -0.3 is 8.53 Å². The molecule has 0 bridgehead atoms. The topological polar surface area (TPSA) is 20.7 Å². The summed E-state index contributed by atoms with van der Waals surface area (Å²) in [6, 6.07) is 30.5. The molecule has 2 radical (unpaired) electrons. The fourth-order valence-electron chi connectivity index (χ4n) is 4.21. The minimum Gasteiger partial charge on any atom is -0.452 e. The van der Waals surface area contributed by atoms with Gasteiger partial charge in [0.1, 0.15) is 0 Å². The summed E-state index contributed by atoms with van der Waals surface area (Å²) >= 11 is 2.83. The quantitative estimate of drug-likeness (QED) is 0.175. The van der Waals surface area contributed by atoms with Crippen LogP contribution in [0.1, 0.15) is 48.5 Å². The molecule has 184 valence electrons. The summed E-state index contributed by atoms with van der Waals surface area (Å²) in [4.78, 5) is 3.51. The lowest BCUT2D eigenvalue weighted by atomic mass is 10.0. The van der Waals surface area contributed by atoms with Crippen molar-refractivity contribution in [1.29, 1.82) is 0 Å². The van der Waals surface area contributed by atoms with Crippen molar-refractivity contribution in [2.75, 3.05) is 0 Å². The Kier molecular flexibility index (Phi) is 11.6. The van der Waals surface area contributed by atoms with E-state index < -0.39 is 0 Å². The molecule has 0 atom stereocenters. The molecule has 2 nitrogen and oxygen atoms in total. The third-order valence-corrected chi connectivity index (χ3v) is 6.11. The van der Waals surface area contributed by atoms with Crippen LogP contribution in [0.5, 0.6) is 0 Å². The fraction of sp³-hybridized carbons (Fsp3) is 0.212. The summed E-state index contributed by atoms with van der Waals surface area (Å²) in [6.45, 7) is 17.2. The molecule has 36 heavy (non-hydrogen) atoms. The standard InChI is InChI=1S/C24H15N2.C3H6.3C2H6.Al/c1-3-7-21-17(5-1)19-13-15(9-11-23(19)25-21)16-10-12-24-20(14-16)18-6-2-4-8-22(18)26-24;1-3-2;3*1-2;/h1-14,25H;3H,1H2,2H3;3*1-2H3;/q-1;;;;;+1. The maximum Gasteiger partial charge on any atom is 0.318 e. The second kappa shape index (κ2) is 14.3. The molecule has 6 aromatic rings. The SMILES string of the molecule is C=CC.CC.CC.CC.[Al][n]1c2ccccc2c2cc(-c3ccc4[nH]c5ccccc5c4c3)ccc21. The van der Waals surface area contributed by atoms with Crippen molar-refractivity contribution in [3.05, 3.63) is 97.6 Å². The summed E-state index contributed by atoms with van der Waals surface area (Å²) in [5.41, 5.74) is 7.33. The Morgan fingerprint density at radius 3 is 1.75 bits per heavy atom. The number of nitrogens with zero attached hydrogens (tertiary/aromatic N) is 1. The first-order valence-electron chi connectivity index (χ1n) is 13.1. The summed E-state index contributed by atoms with van der Waals surface area (Å²) in [7, 11) is 0. The first kappa shape index (κ1) is 29.0. The van der Waals surface area contributed by atoms with E-state index >= 15 is 0 Å². The molecule has 4 aromatic carbocycles. The molecular formula is C33H39AlN2. The lowest BCUT2D eigenvalue weighted by Gasteiger charge is -2.05. The maximum atomic E-state index is 3.51. The minimum atomic E-state index is 1.18. The van der Waals surface area contributed by atoms with E-state index in [0.29, 0.717) is 0 Å². The van der Waals surface area contributed by atoms with Crippen LogP contribution in [-0.4, -0.2) is 25.0 Å². The molecule has 2 aromatic heterocycles. The zero-order valence-corrected chi connectivity index (χ0v) is 24.0. The molecule has 6 rings (SSSR count). The number of rotatable bonds is 1. The molecular weight excluding hydrogens is 451 g/mol. The van der Waals surface area contributed by atoms with E-state index in [1.807, 2.05) is 48.5 Å². The van der Waals surface area contributed by atoms with Gasteiger partial charge in [-0.15, -0.1) is 6.58 Å². The second-order valence-electron chi connectivity index (χ2n) is 7.46. The number of fused-ring (bicyclic) bond motifs is 6. The zero-order valence-electron chi connectivity index (χ0n) is 22.9. The van der Waals surface area contributed by atoms with Gasteiger partial charge >= 0.3 is 16.5 Å². The van der Waals surface area contributed by atoms with Gasteiger partial charge in [0.15, 0.2) is 0 Å². The van der Waals surface area contributed by atoms with Crippen molar-refractivity contribution in [2.45, 2.75) is 48.5 Å². The Morgan fingerprint density at radius 1 is 0.611 bits per heavy atom. The summed E-state index contributed by atoms with van der Waals surface area (Å²) in [5, 5.41) is 5.13. The number of allylic oxidation sites excluding steroid dienone is 1. The van der Waals surface area contributed by atoms with Crippen LogP contribution in [-0.2, 0) is 0 Å². The molecule has 3 heteroatoms.